The van der Waals surface area contributed by atoms with Crippen LogP contribution in [0.25, 0.3) is 0 Å². The van der Waals surface area contributed by atoms with Crippen molar-refractivity contribution in [2.45, 2.75) is 13.5 Å². The Morgan fingerprint density at radius 3 is 2.32 bits per heavy atom. The largest absolute Gasteiger partial charge is 0.462 e. The number of hydrogen-bond acceptors (Lipinski definition) is 6. The van der Waals surface area contributed by atoms with E-state index in [-0.39, 0.29) is 11.6 Å². The molecule has 1 aromatic heterocycles. The second-order valence-corrected chi connectivity index (χ2v) is 5.89. The smallest absolute Gasteiger partial charge is 0.338 e. The SMILES string of the molecule is CCOC(=O)c1ccc(NC(=O)c2ccc(NCc3ccccc3)nn2)cc1. The van der Waals surface area contributed by atoms with Crippen molar-refractivity contribution in [3.05, 3.63) is 83.6 Å². The van der Waals surface area contributed by atoms with E-state index in [9.17, 15) is 9.59 Å². The number of anilines is 2. The maximum absolute atomic E-state index is 12.3. The van der Waals surface area contributed by atoms with Crippen molar-refractivity contribution in [2.24, 2.45) is 0 Å². The van der Waals surface area contributed by atoms with Crippen LogP contribution in [0.1, 0.15) is 33.3 Å². The standard InChI is InChI=1S/C21H20N4O3/c1-2-28-21(27)16-8-10-17(11-9-16)23-20(26)18-12-13-19(25-24-18)22-14-15-6-4-3-5-7-15/h3-13H,2,14H2,1H3,(H,22,25)(H,23,26). The average Bonchev–Trinajstić information content (AvgIpc) is 2.74. The summed E-state index contributed by atoms with van der Waals surface area (Å²) >= 11 is 0. The van der Waals surface area contributed by atoms with E-state index in [2.05, 4.69) is 20.8 Å². The summed E-state index contributed by atoms with van der Waals surface area (Å²) in [6, 6.07) is 19.7. The molecule has 0 bridgehead atoms. The lowest BCUT2D eigenvalue weighted by Crippen LogP contribution is -2.15. The van der Waals surface area contributed by atoms with E-state index >= 15 is 0 Å². The first-order valence-electron chi connectivity index (χ1n) is 8.86. The molecule has 142 valence electrons. The lowest BCUT2D eigenvalue weighted by Gasteiger charge is -2.07. The molecular weight excluding hydrogens is 356 g/mol. The van der Waals surface area contributed by atoms with Crippen LogP contribution in [-0.2, 0) is 11.3 Å². The number of esters is 1. The van der Waals surface area contributed by atoms with Crippen LogP contribution in [0.15, 0.2) is 66.7 Å². The maximum atomic E-state index is 12.3. The maximum Gasteiger partial charge on any atom is 0.338 e. The number of carbonyl (C=O) groups is 2. The van der Waals surface area contributed by atoms with E-state index in [0.29, 0.717) is 30.2 Å². The molecule has 0 radical (unpaired) electrons. The van der Waals surface area contributed by atoms with Gasteiger partial charge in [-0.25, -0.2) is 4.79 Å². The Morgan fingerprint density at radius 2 is 1.68 bits per heavy atom. The van der Waals surface area contributed by atoms with E-state index in [1.165, 1.54) is 0 Å². The molecule has 1 amide bonds. The van der Waals surface area contributed by atoms with Crippen LogP contribution in [0.2, 0.25) is 0 Å². The van der Waals surface area contributed by atoms with E-state index in [1.54, 1.807) is 43.3 Å². The first kappa shape index (κ1) is 19.0. The van der Waals surface area contributed by atoms with Crippen LogP contribution in [-0.4, -0.2) is 28.7 Å². The first-order chi connectivity index (χ1) is 13.7. The topological polar surface area (TPSA) is 93.2 Å². The summed E-state index contributed by atoms with van der Waals surface area (Å²) in [6.45, 7) is 2.68. The Hall–Kier alpha value is -3.74. The Balaban J connectivity index is 1.56. The second-order valence-electron chi connectivity index (χ2n) is 5.89. The molecule has 0 aliphatic rings. The number of amides is 1. The van der Waals surface area contributed by atoms with Gasteiger partial charge in [0.2, 0.25) is 0 Å². The van der Waals surface area contributed by atoms with Gasteiger partial charge in [-0.05, 0) is 48.9 Å². The molecule has 0 aliphatic carbocycles. The van der Waals surface area contributed by atoms with Gasteiger partial charge in [-0.1, -0.05) is 30.3 Å². The predicted octanol–water partition coefficient (Wildman–Crippen LogP) is 3.52. The Labute approximate surface area is 162 Å². The summed E-state index contributed by atoms with van der Waals surface area (Å²) in [4.78, 5) is 23.9. The molecule has 0 spiro atoms. The van der Waals surface area contributed by atoms with Gasteiger partial charge in [-0.2, -0.15) is 0 Å². The highest BCUT2D eigenvalue weighted by Crippen LogP contribution is 2.12. The average molecular weight is 376 g/mol. The number of benzene rings is 2. The third-order valence-corrected chi connectivity index (χ3v) is 3.87. The predicted molar refractivity (Wildman–Crippen MR) is 106 cm³/mol. The number of rotatable bonds is 7. The highest BCUT2D eigenvalue weighted by molar-refractivity contribution is 6.03. The second kappa shape index (κ2) is 9.27. The van der Waals surface area contributed by atoms with Gasteiger partial charge in [0.15, 0.2) is 5.69 Å². The van der Waals surface area contributed by atoms with Crippen molar-refractivity contribution in [3.63, 3.8) is 0 Å². The summed E-state index contributed by atoms with van der Waals surface area (Å²) < 4.78 is 4.93. The molecule has 28 heavy (non-hydrogen) atoms. The van der Waals surface area contributed by atoms with E-state index < -0.39 is 5.97 Å². The Kier molecular flexibility index (Phi) is 6.30. The number of aromatic nitrogens is 2. The van der Waals surface area contributed by atoms with Crippen molar-refractivity contribution in [3.8, 4) is 0 Å². The fourth-order valence-corrected chi connectivity index (χ4v) is 2.44. The van der Waals surface area contributed by atoms with Gasteiger partial charge in [0.25, 0.3) is 5.91 Å². The molecular formula is C21H20N4O3. The van der Waals surface area contributed by atoms with Crippen molar-refractivity contribution in [1.29, 1.82) is 0 Å². The fraction of sp³-hybridized carbons (Fsp3) is 0.143. The third kappa shape index (κ3) is 5.14. The lowest BCUT2D eigenvalue weighted by atomic mass is 10.2. The van der Waals surface area contributed by atoms with Crippen molar-refractivity contribution < 1.29 is 14.3 Å². The minimum absolute atomic E-state index is 0.194. The van der Waals surface area contributed by atoms with Crippen LogP contribution in [0, 0.1) is 0 Å². The summed E-state index contributed by atoms with van der Waals surface area (Å²) in [5.74, 6) is -0.199. The molecule has 1 heterocycles. The zero-order valence-electron chi connectivity index (χ0n) is 15.4. The minimum Gasteiger partial charge on any atom is -0.462 e. The zero-order chi connectivity index (χ0) is 19.8. The molecule has 0 aliphatic heterocycles. The zero-order valence-corrected chi connectivity index (χ0v) is 15.4. The molecule has 0 unspecified atom stereocenters. The summed E-state index contributed by atoms with van der Waals surface area (Å²) in [5, 5.41) is 13.9. The van der Waals surface area contributed by atoms with Crippen LogP contribution in [0.3, 0.4) is 0 Å². The monoisotopic (exact) mass is 376 g/mol. The molecule has 7 heteroatoms. The number of hydrogen-bond donors (Lipinski definition) is 2. The van der Waals surface area contributed by atoms with E-state index in [4.69, 9.17) is 4.74 Å². The molecule has 3 aromatic rings. The quantitative estimate of drug-likeness (QED) is 0.613. The highest BCUT2D eigenvalue weighted by Gasteiger charge is 2.10. The van der Waals surface area contributed by atoms with Crippen LogP contribution in [0.4, 0.5) is 11.5 Å². The molecule has 0 atom stereocenters. The normalized spacial score (nSPS) is 10.2. The molecule has 0 saturated heterocycles. The molecule has 2 aromatic carbocycles. The third-order valence-electron chi connectivity index (χ3n) is 3.87. The first-order valence-corrected chi connectivity index (χ1v) is 8.86. The summed E-state index contributed by atoms with van der Waals surface area (Å²) in [5.41, 5.74) is 2.29. The molecule has 2 N–H and O–H groups in total. The van der Waals surface area contributed by atoms with Gasteiger partial charge in [-0.15, -0.1) is 10.2 Å². The minimum atomic E-state index is -0.398. The summed E-state index contributed by atoms with van der Waals surface area (Å²) in [7, 11) is 0. The Bertz CT molecular complexity index is 926. The van der Waals surface area contributed by atoms with Gasteiger partial charge in [0.05, 0.1) is 12.2 Å². The van der Waals surface area contributed by atoms with Gasteiger partial charge in [0.1, 0.15) is 5.82 Å². The number of ether oxygens (including phenoxy) is 1. The number of nitrogens with zero attached hydrogens (tertiary/aromatic N) is 2. The van der Waals surface area contributed by atoms with Gasteiger partial charge in [0, 0.05) is 12.2 Å². The highest BCUT2D eigenvalue weighted by atomic mass is 16.5. The number of nitrogens with one attached hydrogen (secondary N) is 2. The molecule has 0 fully saturated rings. The number of carbonyl (C=O) groups excluding carboxylic acids is 2. The van der Waals surface area contributed by atoms with Gasteiger partial charge >= 0.3 is 5.97 Å². The van der Waals surface area contributed by atoms with Crippen LogP contribution in [0.5, 0.6) is 0 Å². The molecule has 0 saturated carbocycles. The van der Waals surface area contributed by atoms with Crippen LogP contribution < -0.4 is 10.6 Å². The van der Waals surface area contributed by atoms with E-state index in [1.807, 2.05) is 30.3 Å². The van der Waals surface area contributed by atoms with E-state index in [0.717, 1.165) is 5.56 Å². The van der Waals surface area contributed by atoms with Gasteiger partial charge in [-0.3, -0.25) is 4.79 Å². The summed E-state index contributed by atoms with van der Waals surface area (Å²) in [6.07, 6.45) is 0. The van der Waals surface area contributed by atoms with Crippen molar-refractivity contribution >= 4 is 23.4 Å². The molecule has 3 rings (SSSR count). The van der Waals surface area contributed by atoms with Crippen molar-refractivity contribution in [1.82, 2.24) is 10.2 Å². The van der Waals surface area contributed by atoms with Crippen molar-refractivity contribution in [2.75, 3.05) is 17.2 Å². The lowest BCUT2D eigenvalue weighted by molar-refractivity contribution is 0.0526. The fourth-order valence-electron chi connectivity index (χ4n) is 2.44. The molecule has 7 nitrogen and oxygen atoms in total. The van der Waals surface area contributed by atoms with Crippen LogP contribution >= 0.6 is 0 Å². The Morgan fingerprint density at radius 1 is 0.929 bits per heavy atom. The van der Waals surface area contributed by atoms with Gasteiger partial charge < -0.3 is 15.4 Å².